The summed E-state index contributed by atoms with van der Waals surface area (Å²) in [4.78, 5) is 55.0. The van der Waals surface area contributed by atoms with Crippen LogP contribution >= 0.6 is 11.3 Å². The lowest BCUT2D eigenvalue weighted by molar-refractivity contribution is -0.134. The summed E-state index contributed by atoms with van der Waals surface area (Å²) in [5.41, 5.74) is 1.82. The summed E-state index contributed by atoms with van der Waals surface area (Å²) in [5, 5.41) is 8.66. The fourth-order valence-electron chi connectivity index (χ4n) is 6.31. The molecule has 274 valence electrons. The lowest BCUT2D eigenvalue weighted by Crippen LogP contribution is -2.45. The number of benzene rings is 2. The number of amides is 4. The zero-order valence-electron chi connectivity index (χ0n) is 28.2. The number of morpholine rings is 1. The topological polar surface area (TPSA) is 167 Å². The highest BCUT2D eigenvalue weighted by Crippen LogP contribution is 2.41. The first-order valence-corrected chi connectivity index (χ1v) is 18.0. The van der Waals surface area contributed by atoms with Gasteiger partial charge >= 0.3 is 0 Å². The molecule has 16 heteroatoms. The molecule has 3 aromatic rings. The number of carbonyl (C=O) groups excluding carboxylic acids is 4. The van der Waals surface area contributed by atoms with Gasteiger partial charge in [-0.3, -0.25) is 24.5 Å². The van der Waals surface area contributed by atoms with Gasteiger partial charge in [0.2, 0.25) is 17.7 Å². The number of halogens is 1. The van der Waals surface area contributed by atoms with Crippen LogP contribution in [0.5, 0.6) is 5.75 Å². The minimum Gasteiger partial charge on any atom is -0.478 e. The minimum absolute atomic E-state index is 0.0259. The third kappa shape index (κ3) is 9.77. The van der Waals surface area contributed by atoms with Crippen molar-refractivity contribution >= 4 is 56.0 Å². The summed E-state index contributed by atoms with van der Waals surface area (Å²) in [7, 11) is 0. The second-order valence-electron chi connectivity index (χ2n) is 12.4. The Balaban J connectivity index is 0.776. The van der Waals surface area contributed by atoms with Crippen molar-refractivity contribution in [2.75, 3.05) is 76.2 Å². The maximum Gasteiger partial charge on any atom is 0.258 e. The predicted molar refractivity (Wildman–Crippen MR) is 185 cm³/mol. The first-order valence-electron chi connectivity index (χ1n) is 17.2. The Labute approximate surface area is 298 Å². The third-order valence-electron chi connectivity index (χ3n) is 8.89. The van der Waals surface area contributed by atoms with E-state index in [0.29, 0.717) is 63.7 Å². The highest BCUT2D eigenvalue weighted by atomic mass is 32.1. The van der Waals surface area contributed by atoms with Crippen molar-refractivity contribution in [1.29, 1.82) is 0 Å². The number of piperidine rings is 1. The van der Waals surface area contributed by atoms with Gasteiger partial charge < -0.3 is 39.2 Å². The van der Waals surface area contributed by atoms with Crippen LogP contribution in [0.2, 0.25) is 0 Å². The molecule has 3 saturated heterocycles. The molecule has 4 amide bonds. The molecule has 14 nitrogen and oxygen atoms in total. The molecule has 2 bridgehead atoms. The van der Waals surface area contributed by atoms with E-state index >= 15 is 0 Å². The Morgan fingerprint density at radius 3 is 2.35 bits per heavy atom. The van der Waals surface area contributed by atoms with Gasteiger partial charge in [-0.05, 0) is 49.1 Å². The van der Waals surface area contributed by atoms with Gasteiger partial charge in [-0.15, -0.1) is 0 Å². The standard InChI is InChI=1S/C35H42FN5O9S/c36-27-8-9-28-32(40-35(51-28)41-24-5-6-25(41)20-49-19-24)33(27)50-21-31(44)37-12-14-47-16-18-48-17-15-46-13-11-30(43)38-23-3-1-22(2-4-23)26-7-10-29(42)39-34(26)45/h1-4,8-9,24-26H,5-7,10-21H2,(H,37,44)(H,38,43)(H,39,42,45). The molecule has 3 atom stereocenters. The Kier molecular flexibility index (Phi) is 12.8. The van der Waals surface area contributed by atoms with E-state index < -0.39 is 11.7 Å². The number of imide groups is 1. The van der Waals surface area contributed by atoms with E-state index in [1.54, 1.807) is 30.3 Å². The molecule has 4 heterocycles. The summed E-state index contributed by atoms with van der Waals surface area (Å²) in [5.74, 6) is -2.12. The summed E-state index contributed by atoms with van der Waals surface area (Å²) in [6.45, 7) is 3.02. The number of anilines is 2. The number of fused-ring (bicyclic) bond motifs is 3. The molecule has 2 aromatic carbocycles. The van der Waals surface area contributed by atoms with Gasteiger partial charge in [-0.25, -0.2) is 9.37 Å². The average molecular weight is 728 g/mol. The van der Waals surface area contributed by atoms with E-state index in [1.165, 1.54) is 17.4 Å². The normalized spacial score (nSPS) is 20.0. The number of carbonyl (C=O) groups is 4. The van der Waals surface area contributed by atoms with Gasteiger partial charge in [0.25, 0.3) is 5.91 Å². The van der Waals surface area contributed by atoms with Gasteiger partial charge in [-0.2, -0.15) is 0 Å². The molecule has 3 aliphatic rings. The van der Waals surface area contributed by atoms with Crippen LogP contribution in [0.4, 0.5) is 15.2 Å². The molecule has 0 aliphatic carbocycles. The first kappa shape index (κ1) is 36.6. The molecule has 3 unspecified atom stereocenters. The average Bonchev–Trinajstić information content (AvgIpc) is 3.65. The quantitative estimate of drug-likeness (QED) is 0.130. The van der Waals surface area contributed by atoms with Crippen molar-refractivity contribution < 1.29 is 47.3 Å². The lowest BCUT2D eigenvalue weighted by Gasteiger charge is -2.34. The first-order chi connectivity index (χ1) is 24.9. The summed E-state index contributed by atoms with van der Waals surface area (Å²) >= 11 is 1.49. The number of hydrogen-bond acceptors (Lipinski definition) is 12. The number of ether oxygens (including phenoxy) is 5. The van der Waals surface area contributed by atoms with Crippen LogP contribution in [0, 0.1) is 5.82 Å². The van der Waals surface area contributed by atoms with Gasteiger partial charge in [0, 0.05) is 18.7 Å². The summed E-state index contributed by atoms with van der Waals surface area (Å²) in [6.07, 6.45) is 3.04. The van der Waals surface area contributed by atoms with Crippen LogP contribution in [0.1, 0.15) is 43.6 Å². The Morgan fingerprint density at radius 1 is 0.922 bits per heavy atom. The number of thiazole rings is 1. The van der Waals surface area contributed by atoms with Crippen LogP contribution < -0.4 is 25.6 Å². The van der Waals surface area contributed by atoms with E-state index in [0.717, 1.165) is 28.2 Å². The minimum atomic E-state index is -0.566. The van der Waals surface area contributed by atoms with E-state index in [-0.39, 0.29) is 74.3 Å². The summed E-state index contributed by atoms with van der Waals surface area (Å²) in [6, 6.07) is 10.6. The third-order valence-corrected chi connectivity index (χ3v) is 9.92. The van der Waals surface area contributed by atoms with Gasteiger partial charge in [-0.1, -0.05) is 23.5 Å². The van der Waals surface area contributed by atoms with Crippen molar-refractivity contribution in [2.24, 2.45) is 0 Å². The fraction of sp³-hybridized carbons (Fsp3) is 0.514. The largest absolute Gasteiger partial charge is 0.478 e. The molecule has 0 radical (unpaired) electrons. The second-order valence-corrected chi connectivity index (χ2v) is 13.5. The maximum absolute atomic E-state index is 14.7. The molecule has 51 heavy (non-hydrogen) atoms. The van der Waals surface area contributed by atoms with Crippen LogP contribution in [0.3, 0.4) is 0 Å². The smallest absolute Gasteiger partial charge is 0.258 e. The van der Waals surface area contributed by atoms with Crippen LogP contribution in [0.25, 0.3) is 10.2 Å². The number of rotatable bonds is 18. The van der Waals surface area contributed by atoms with Gasteiger partial charge in [0.15, 0.2) is 23.3 Å². The van der Waals surface area contributed by atoms with E-state index in [2.05, 4.69) is 20.9 Å². The van der Waals surface area contributed by atoms with Crippen molar-refractivity contribution in [2.45, 2.75) is 50.1 Å². The fourth-order valence-corrected chi connectivity index (χ4v) is 7.42. The van der Waals surface area contributed by atoms with Crippen molar-refractivity contribution in [3.8, 4) is 5.75 Å². The lowest BCUT2D eigenvalue weighted by atomic mass is 9.90. The molecule has 3 aliphatic heterocycles. The zero-order chi connectivity index (χ0) is 35.6. The number of aromatic nitrogens is 1. The molecule has 3 fully saturated rings. The van der Waals surface area contributed by atoms with Crippen LogP contribution in [-0.4, -0.2) is 107 Å². The maximum atomic E-state index is 14.7. The SMILES string of the molecule is O=C(COc1c(F)ccc2sc(N3C4CCC3COC4)nc12)NCCOCCOCCOCCC(=O)Nc1ccc(C2CCC(=O)NC2=O)cc1. The van der Waals surface area contributed by atoms with Gasteiger partial charge in [0.05, 0.1) is 82.0 Å². The highest BCUT2D eigenvalue weighted by molar-refractivity contribution is 7.22. The molecule has 0 spiro atoms. The van der Waals surface area contributed by atoms with Crippen molar-refractivity contribution in [3.05, 3.63) is 47.8 Å². The Bertz CT molecular complexity index is 1670. The van der Waals surface area contributed by atoms with Crippen molar-refractivity contribution in [1.82, 2.24) is 15.6 Å². The molecule has 6 rings (SSSR count). The Hall–Kier alpha value is -4.22. The molecule has 0 saturated carbocycles. The van der Waals surface area contributed by atoms with E-state index in [9.17, 15) is 23.6 Å². The van der Waals surface area contributed by atoms with Gasteiger partial charge in [0.1, 0.15) is 5.52 Å². The molecular formula is C35H42FN5O9S. The number of nitrogens with one attached hydrogen (secondary N) is 3. The van der Waals surface area contributed by atoms with Crippen molar-refractivity contribution in [3.63, 3.8) is 0 Å². The molecule has 3 N–H and O–H groups in total. The van der Waals surface area contributed by atoms with E-state index in [4.69, 9.17) is 28.7 Å². The predicted octanol–water partition coefficient (Wildman–Crippen LogP) is 2.90. The van der Waals surface area contributed by atoms with Crippen LogP contribution in [-0.2, 0) is 38.1 Å². The molecule has 1 aromatic heterocycles. The second kappa shape index (κ2) is 17.8. The zero-order valence-corrected chi connectivity index (χ0v) is 29.0. The molecular weight excluding hydrogens is 685 g/mol. The van der Waals surface area contributed by atoms with Crippen LogP contribution in [0.15, 0.2) is 36.4 Å². The number of nitrogens with zero attached hydrogens (tertiary/aromatic N) is 2. The highest BCUT2D eigenvalue weighted by Gasteiger charge is 2.39. The monoisotopic (exact) mass is 727 g/mol. The number of hydrogen-bond donors (Lipinski definition) is 3. The van der Waals surface area contributed by atoms with E-state index in [1.807, 2.05) is 0 Å². The Morgan fingerprint density at radius 2 is 1.63 bits per heavy atom. The summed E-state index contributed by atoms with van der Waals surface area (Å²) < 4.78 is 43.2.